The van der Waals surface area contributed by atoms with E-state index in [9.17, 15) is 14.4 Å². The molecule has 0 aliphatic rings. The van der Waals surface area contributed by atoms with Gasteiger partial charge in [-0.25, -0.2) is 10.2 Å². The number of hydrogen-bond acceptors (Lipinski definition) is 6. The van der Waals surface area contributed by atoms with E-state index in [1.165, 1.54) is 12.3 Å². The van der Waals surface area contributed by atoms with Crippen LogP contribution in [0.15, 0.2) is 114 Å². The number of methoxy groups -OCH3 is 1. The quantitative estimate of drug-likeness (QED) is 0.102. The van der Waals surface area contributed by atoms with Crippen molar-refractivity contribution in [1.29, 1.82) is 0 Å². The second-order valence-corrected chi connectivity index (χ2v) is 8.13. The Balaban J connectivity index is 1.40. The van der Waals surface area contributed by atoms with Gasteiger partial charge in [-0.05, 0) is 60.2 Å². The van der Waals surface area contributed by atoms with Crippen molar-refractivity contribution >= 4 is 35.8 Å². The maximum Gasteiger partial charge on any atom is 0.343 e. The van der Waals surface area contributed by atoms with Gasteiger partial charge in [-0.3, -0.25) is 9.59 Å². The van der Waals surface area contributed by atoms with E-state index in [1.54, 1.807) is 86.0 Å². The lowest BCUT2D eigenvalue weighted by Gasteiger charge is -2.09. The third-order valence-electron chi connectivity index (χ3n) is 5.47. The molecular weight excluding hydrogens is 494 g/mol. The number of esters is 1. The highest BCUT2D eigenvalue weighted by Crippen LogP contribution is 2.19. The second kappa shape index (κ2) is 13.2. The first kappa shape index (κ1) is 26.6. The van der Waals surface area contributed by atoms with Crippen molar-refractivity contribution in [3.63, 3.8) is 0 Å². The summed E-state index contributed by atoms with van der Waals surface area (Å²) in [7, 11) is 1.54. The third-order valence-corrected chi connectivity index (χ3v) is 5.47. The predicted molar refractivity (Wildman–Crippen MR) is 150 cm³/mol. The maximum absolute atomic E-state index is 12.8. The maximum atomic E-state index is 12.8. The fourth-order valence-corrected chi connectivity index (χ4v) is 3.49. The van der Waals surface area contributed by atoms with Crippen LogP contribution in [-0.4, -0.2) is 31.1 Å². The van der Waals surface area contributed by atoms with Gasteiger partial charge >= 0.3 is 5.97 Å². The summed E-state index contributed by atoms with van der Waals surface area (Å²) < 4.78 is 10.6. The minimum absolute atomic E-state index is 0.232. The Hall–Kier alpha value is -5.50. The Morgan fingerprint density at radius 2 is 1.49 bits per heavy atom. The highest BCUT2D eigenvalue weighted by atomic mass is 16.5. The fraction of sp³-hybridized carbons (Fsp3) is 0.0323. The number of benzene rings is 4. The van der Waals surface area contributed by atoms with Gasteiger partial charge in [0.05, 0.1) is 30.1 Å². The molecular formula is C31H25N3O5. The van der Waals surface area contributed by atoms with E-state index in [-0.39, 0.29) is 17.2 Å². The lowest BCUT2D eigenvalue weighted by molar-refractivity contribution is -0.111. The summed E-state index contributed by atoms with van der Waals surface area (Å²) in [6, 6.07) is 29.3. The minimum Gasteiger partial charge on any atom is -0.497 e. The summed E-state index contributed by atoms with van der Waals surface area (Å²) in [6.45, 7) is 0. The van der Waals surface area contributed by atoms with Crippen molar-refractivity contribution in [2.24, 2.45) is 5.10 Å². The fourth-order valence-electron chi connectivity index (χ4n) is 3.49. The van der Waals surface area contributed by atoms with Crippen LogP contribution in [0.4, 0.5) is 5.69 Å². The van der Waals surface area contributed by atoms with Gasteiger partial charge in [0, 0.05) is 11.6 Å². The molecule has 2 amide bonds. The van der Waals surface area contributed by atoms with Gasteiger partial charge in [0.25, 0.3) is 5.91 Å². The average molecular weight is 520 g/mol. The van der Waals surface area contributed by atoms with Crippen LogP contribution in [0, 0.1) is 0 Å². The molecule has 4 aromatic rings. The molecule has 0 saturated heterocycles. The first-order valence-electron chi connectivity index (χ1n) is 12.0. The normalized spacial score (nSPS) is 10.8. The highest BCUT2D eigenvalue weighted by Gasteiger charge is 2.13. The van der Waals surface area contributed by atoms with Gasteiger partial charge in [0.2, 0.25) is 5.91 Å². The lowest BCUT2D eigenvalue weighted by Crippen LogP contribution is -2.20. The van der Waals surface area contributed by atoms with Crippen LogP contribution >= 0.6 is 0 Å². The summed E-state index contributed by atoms with van der Waals surface area (Å²) in [6.07, 6.45) is 4.45. The first-order valence-corrected chi connectivity index (χ1v) is 12.0. The molecule has 0 fully saturated rings. The molecule has 0 spiro atoms. The van der Waals surface area contributed by atoms with Crippen LogP contribution in [0.2, 0.25) is 0 Å². The number of rotatable bonds is 9. The van der Waals surface area contributed by atoms with Crippen molar-refractivity contribution < 1.29 is 23.9 Å². The average Bonchev–Trinajstić information content (AvgIpc) is 2.97. The summed E-state index contributed by atoms with van der Waals surface area (Å²) in [4.78, 5) is 37.8. The number of hydrogen-bond donors (Lipinski definition) is 2. The van der Waals surface area contributed by atoms with Crippen LogP contribution in [0.1, 0.15) is 31.8 Å². The topological polar surface area (TPSA) is 106 Å². The zero-order valence-electron chi connectivity index (χ0n) is 21.0. The van der Waals surface area contributed by atoms with Crippen molar-refractivity contribution in [3.05, 3.63) is 131 Å². The molecule has 8 heteroatoms. The van der Waals surface area contributed by atoms with Crippen molar-refractivity contribution in [1.82, 2.24) is 5.43 Å². The Kier molecular flexibility index (Phi) is 8.96. The zero-order valence-corrected chi connectivity index (χ0v) is 21.0. The number of carbonyl (C=O) groups is 3. The Bertz CT molecular complexity index is 1510. The van der Waals surface area contributed by atoms with E-state index in [2.05, 4.69) is 15.8 Å². The lowest BCUT2D eigenvalue weighted by atomic mass is 10.1. The van der Waals surface area contributed by atoms with Gasteiger partial charge in [-0.15, -0.1) is 0 Å². The molecule has 0 atom stereocenters. The molecule has 0 saturated carbocycles. The number of para-hydroxylation sites is 2. The molecule has 0 aliphatic carbocycles. The van der Waals surface area contributed by atoms with Crippen molar-refractivity contribution in [2.45, 2.75) is 0 Å². The standard InChI is InChI=1S/C31H25N3O5/c1-38-25-18-16-23(17-19-25)31(37)39-28-14-8-5-11-24(28)21-32-34-30(36)26-12-6-7-13-27(26)33-29(35)20-15-22-9-3-2-4-10-22/h2-21H,1H3,(H,33,35)(H,34,36)/b20-15+,32-21-. The van der Waals surface area contributed by atoms with Gasteiger partial charge in [-0.2, -0.15) is 5.10 Å². The molecule has 0 unspecified atom stereocenters. The number of amides is 2. The van der Waals surface area contributed by atoms with E-state index in [0.29, 0.717) is 22.6 Å². The number of ether oxygens (including phenoxy) is 2. The molecule has 8 nitrogen and oxygen atoms in total. The number of carbonyl (C=O) groups excluding carboxylic acids is 3. The molecule has 2 N–H and O–H groups in total. The summed E-state index contributed by atoms with van der Waals surface area (Å²) in [5.74, 6) is -0.556. The van der Waals surface area contributed by atoms with E-state index >= 15 is 0 Å². The minimum atomic E-state index is -0.548. The van der Waals surface area contributed by atoms with E-state index in [4.69, 9.17) is 9.47 Å². The van der Waals surface area contributed by atoms with Gasteiger partial charge < -0.3 is 14.8 Å². The molecule has 4 rings (SSSR count). The Morgan fingerprint density at radius 3 is 2.26 bits per heavy atom. The second-order valence-electron chi connectivity index (χ2n) is 8.13. The van der Waals surface area contributed by atoms with Gasteiger partial charge in [0.15, 0.2) is 0 Å². The molecule has 0 aromatic heterocycles. The van der Waals surface area contributed by atoms with E-state index in [1.807, 2.05) is 30.3 Å². The summed E-state index contributed by atoms with van der Waals surface area (Å²) in [5, 5.41) is 6.74. The first-order chi connectivity index (χ1) is 19.0. The van der Waals surface area contributed by atoms with E-state index in [0.717, 1.165) is 5.56 Å². The van der Waals surface area contributed by atoms with Crippen LogP contribution in [0.3, 0.4) is 0 Å². The third kappa shape index (κ3) is 7.50. The van der Waals surface area contributed by atoms with Crippen LogP contribution in [0.5, 0.6) is 11.5 Å². The number of anilines is 1. The van der Waals surface area contributed by atoms with Crippen molar-refractivity contribution in [3.8, 4) is 11.5 Å². The molecule has 0 heterocycles. The van der Waals surface area contributed by atoms with Gasteiger partial charge in [0.1, 0.15) is 11.5 Å². The largest absolute Gasteiger partial charge is 0.497 e. The summed E-state index contributed by atoms with van der Waals surface area (Å²) in [5.41, 5.74) is 4.73. The van der Waals surface area contributed by atoms with Crippen LogP contribution in [-0.2, 0) is 4.79 Å². The molecule has 0 radical (unpaired) electrons. The number of nitrogens with zero attached hydrogens (tertiary/aromatic N) is 1. The Morgan fingerprint density at radius 1 is 0.795 bits per heavy atom. The molecule has 0 bridgehead atoms. The smallest absolute Gasteiger partial charge is 0.343 e. The molecule has 194 valence electrons. The summed E-state index contributed by atoms with van der Waals surface area (Å²) >= 11 is 0. The zero-order chi connectivity index (χ0) is 27.5. The Labute approximate surface area is 225 Å². The molecule has 0 aliphatic heterocycles. The molecule has 4 aromatic carbocycles. The van der Waals surface area contributed by atoms with Crippen molar-refractivity contribution in [2.75, 3.05) is 12.4 Å². The van der Waals surface area contributed by atoms with Crippen LogP contribution in [0.25, 0.3) is 6.08 Å². The van der Waals surface area contributed by atoms with Gasteiger partial charge in [-0.1, -0.05) is 54.6 Å². The number of nitrogens with one attached hydrogen (secondary N) is 2. The number of hydrazone groups is 1. The van der Waals surface area contributed by atoms with E-state index < -0.39 is 11.9 Å². The monoisotopic (exact) mass is 519 g/mol. The molecule has 39 heavy (non-hydrogen) atoms. The SMILES string of the molecule is COc1ccc(C(=O)Oc2ccccc2/C=N\NC(=O)c2ccccc2NC(=O)/C=C/c2ccccc2)cc1. The van der Waals surface area contributed by atoms with Crippen LogP contribution < -0.4 is 20.2 Å². The highest BCUT2D eigenvalue weighted by molar-refractivity contribution is 6.07. The predicted octanol–water partition coefficient (Wildman–Crippen LogP) is 5.33.